The predicted molar refractivity (Wildman–Crippen MR) is 67.8 cm³/mol. The van der Waals surface area contributed by atoms with Crippen LogP contribution in [0, 0.1) is 11.8 Å². The molecule has 1 aliphatic rings. The normalized spacial score (nSPS) is 22.6. The molecule has 0 bridgehead atoms. The molecule has 2 atom stereocenters. The topological polar surface area (TPSA) is 0 Å². The zero-order chi connectivity index (χ0) is 11.1. The van der Waals surface area contributed by atoms with Crippen LogP contribution in [0.3, 0.4) is 0 Å². The summed E-state index contributed by atoms with van der Waals surface area (Å²) in [7, 11) is 0. The minimum atomic E-state index is 0.287. The van der Waals surface area contributed by atoms with E-state index in [0.717, 1.165) is 6.42 Å². The zero-order valence-electron chi connectivity index (χ0n) is 10.2. The highest BCUT2D eigenvalue weighted by Crippen LogP contribution is 2.39. The Morgan fingerprint density at radius 3 is 2.33 bits per heavy atom. The molecule has 0 nitrogen and oxygen atoms in total. The summed E-state index contributed by atoms with van der Waals surface area (Å²) in [5.41, 5.74) is 0. The predicted octanol–water partition coefficient (Wildman–Crippen LogP) is 5.38. The van der Waals surface area contributed by atoms with E-state index < -0.39 is 0 Å². The number of hydrogen-bond donors (Lipinski definition) is 0. The largest absolute Gasteiger partial charge is 0.165 e. The first-order valence-corrected chi connectivity index (χ1v) is 7.38. The van der Waals surface area contributed by atoms with Gasteiger partial charge in [0.05, 0.1) is 0 Å². The summed E-state index contributed by atoms with van der Waals surface area (Å²) in [6.45, 7) is 4.43. The van der Waals surface area contributed by atoms with Gasteiger partial charge in [-0.15, -0.1) is 0 Å². The van der Waals surface area contributed by atoms with Crippen LogP contribution in [0.2, 0.25) is 0 Å². The van der Waals surface area contributed by atoms with Gasteiger partial charge in [0.15, 0.2) is 0 Å². The highest BCUT2D eigenvalue weighted by Gasteiger charge is 2.30. The maximum Gasteiger partial charge on any atom is 0.0483 e. The van der Waals surface area contributed by atoms with Gasteiger partial charge < -0.3 is 0 Å². The Morgan fingerprint density at radius 1 is 1.20 bits per heavy atom. The van der Waals surface area contributed by atoms with Crippen molar-refractivity contribution in [2.24, 2.45) is 11.8 Å². The van der Waals surface area contributed by atoms with Gasteiger partial charge in [-0.3, -0.25) is 0 Å². The highest BCUT2D eigenvalue weighted by atomic mass is 32.2. The first-order valence-electron chi connectivity index (χ1n) is 6.60. The van der Waals surface area contributed by atoms with Crippen LogP contribution in [0.1, 0.15) is 65.2 Å². The second-order valence-corrected chi connectivity index (χ2v) is 5.63. The maximum absolute atomic E-state index is 13.1. The van der Waals surface area contributed by atoms with Crippen molar-refractivity contribution in [1.82, 2.24) is 0 Å². The molecule has 0 saturated heterocycles. The number of hydrogen-bond acceptors (Lipinski definition) is 1. The lowest BCUT2D eigenvalue weighted by Crippen LogP contribution is -2.27. The molecule has 0 heterocycles. The fraction of sp³-hybridized carbons (Fsp3) is 1.00. The summed E-state index contributed by atoms with van der Waals surface area (Å²) >= 11 is 0.649. The Balaban J connectivity index is 2.50. The first kappa shape index (κ1) is 13.3. The van der Waals surface area contributed by atoms with Gasteiger partial charge in [0.1, 0.15) is 0 Å². The van der Waals surface area contributed by atoms with E-state index in [9.17, 15) is 3.89 Å². The average molecular weight is 232 g/mol. The Morgan fingerprint density at radius 2 is 1.87 bits per heavy atom. The Kier molecular flexibility index (Phi) is 6.71. The minimum Gasteiger partial charge on any atom is -0.165 e. The molecule has 0 N–H and O–H groups in total. The van der Waals surface area contributed by atoms with E-state index in [2.05, 4.69) is 13.8 Å². The van der Waals surface area contributed by atoms with Crippen LogP contribution in [-0.4, -0.2) is 5.25 Å². The van der Waals surface area contributed by atoms with Crippen LogP contribution in [0.15, 0.2) is 0 Å². The molecule has 0 spiro atoms. The molecule has 0 aromatic heterocycles. The molecule has 2 unspecified atom stereocenters. The molecule has 1 saturated carbocycles. The molecule has 1 aliphatic carbocycles. The molecule has 90 valence electrons. The third-order valence-electron chi connectivity index (χ3n) is 3.87. The fourth-order valence-corrected chi connectivity index (χ4v) is 3.86. The monoisotopic (exact) mass is 232 g/mol. The van der Waals surface area contributed by atoms with Crippen LogP contribution >= 0.6 is 12.1 Å². The Labute approximate surface area is 98.7 Å². The smallest absolute Gasteiger partial charge is 0.0483 e. The third kappa shape index (κ3) is 3.97. The van der Waals surface area contributed by atoms with E-state index in [1.54, 1.807) is 0 Å². The van der Waals surface area contributed by atoms with Crippen molar-refractivity contribution in [2.75, 3.05) is 0 Å². The van der Waals surface area contributed by atoms with Crippen molar-refractivity contribution in [2.45, 2.75) is 70.5 Å². The average Bonchev–Trinajstić information content (AvgIpc) is 2.30. The quantitative estimate of drug-likeness (QED) is 0.592. The van der Waals surface area contributed by atoms with E-state index in [0.29, 0.717) is 24.0 Å². The van der Waals surface area contributed by atoms with Gasteiger partial charge in [-0.1, -0.05) is 46.0 Å². The molecule has 0 amide bonds. The Hall–Kier alpha value is 0.280. The number of rotatable bonds is 6. The van der Waals surface area contributed by atoms with Crippen LogP contribution in [-0.2, 0) is 0 Å². The summed E-state index contributed by atoms with van der Waals surface area (Å²) in [4.78, 5) is 0. The first-order chi connectivity index (χ1) is 7.33. The molecule has 1 fully saturated rings. The van der Waals surface area contributed by atoms with Crippen molar-refractivity contribution in [3.8, 4) is 0 Å². The lowest BCUT2D eigenvalue weighted by molar-refractivity contribution is 0.282. The summed E-state index contributed by atoms with van der Waals surface area (Å²) in [6.07, 6.45) is 10.1. The van der Waals surface area contributed by atoms with E-state index >= 15 is 0 Å². The minimum absolute atomic E-state index is 0.287. The van der Waals surface area contributed by atoms with Crippen molar-refractivity contribution in [3.63, 3.8) is 0 Å². The van der Waals surface area contributed by atoms with Crippen molar-refractivity contribution < 1.29 is 3.89 Å². The lowest BCUT2D eigenvalue weighted by Gasteiger charge is -2.32. The SMILES string of the molecule is CCCC(CC)C(SF)C1CCCCC1. The van der Waals surface area contributed by atoms with Gasteiger partial charge in [-0.05, 0) is 31.1 Å². The zero-order valence-corrected chi connectivity index (χ0v) is 11.0. The van der Waals surface area contributed by atoms with Crippen LogP contribution in [0.5, 0.6) is 0 Å². The van der Waals surface area contributed by atoms with Crippen LogP contribution in [0.4, 0.5) is 3.89 Å². The van der Waals surface area contributed by atoms with E-state index in [4.69, 9.17) is 0 Å². The lowest BCUT2D eigenvalue weighted by atomic mass is 9.80. The molecule has 2 heteroatoms. The van der Waals surface area contributed by atoms with Crippen LogP contribution < -0.4 is 0 Å². The number of halogens is 1. The third-order valence-corrected chi connectivity index (χ3v) is 4.84. The van der Waals surface area contributed by atoms with E-state index in [1.165, 1.54) is 44.9 Å². The molecule has 0 aliphatic heterocycles. The van der Waals surface area contributed by atoms with Gasteiger partial charge in [0, 0.05) is 17.4 Å². The second kappa shape index (κ2) is 7.54. The Bertz CT molecular complexity index is 150. The molecule has 0 radical (unpaired) electrons. The van der Waals surface area contributed by atoms with Gasteiger partial charge in [-0.25, -0.2) is 0 Å². The summed E-state index contributed by atoms with van der Waals surface area (Å²) in [6, 6.07) is 0. The summed E-state index contributed by atoms with van der Waals surface area (Å²) < 4.78 is 13.1. The standard InChI is InChI=1S/C13H25FS/c1-3-8-11(4-2)13(15-14)12-9-6-5-7-10-12/h11-13H,3-10H2,1-2H3. The summed E-state index contributed by atoms with van der Waals surface area (Å²) in [5, 5.41) is 0.287. The van der Waals surface area contributed by atoms with E-state index in [1.807, 2.05) is 0 Å². The summed E-state index contributed by atoms with van der Waals surface area (Å²) in [5.74, 6) is 1.26. The van der Waals surface area contributed by atoms with Gasteiger partial charge in [0.2, 0.25) is 0 Å². The van der Waals surface area contributed by atoms with Gasteiger partial charge in [0.25, 0.3) is 0 Å². The van der Waals surface area contributed by atoms with Crippen molar-refractivity contribution in [1.29, 1.82) is 0 Å². The fourth-order valence-electron chi connectivity index (χ4n) is 2.96. The molecule has 0 aromatic rings. The molecule has 1 rings (SSSR count). The van der Waals surface area contributed by atoms with Crippen molar-refractivity contribution >= 4 is 12.1 Å². The molecular weight excluding hydrogens is 207 g/mol. The van der Waals surface area contributed by atoms with Crippen molar-refractivity contribution in [3.05, 3.63) is 0 Å². The maximum atomic E-state index is 13.1. The van der Waals surface area contributed by atoms with E-state index in [-0.39, 0.29) is 5.25 Å². The van der Waals surface area contributed by atoms with Gasteiger partial charge >= 0.3 is 0 Å². The molecular formula is C13H25FS. The molecule has 15 heavy (non-hydrogen) atoms. The second-order valence-electron chi connectivity index (χ2n) is 4.91. The van der Waals surface area contributed by atoms with Gasteiger partial charge in [-0.2, -0.15) is 3.89 Å². The highest BCUT2D eigenvalue weighted by molar-refractivity contribution is 7.94. The van der Waals surface area contributed by atoms with Crippen LogP contribution in [0.25, 0.3) is 0 Å². The molecule has 0 aromatic carbocycles.